The number of anilines is 1. The lowest BCUT2D eigenvalue weighted by molar-refractivity contribution is -0.127. The van der Waals surface area contributed by atoms with Crippen molar-refractivity contribution in [1.82, 2.24) is 15.6 Å². The van der Waals surface area contributed by atoms with Crippen LogP contribution in [0, 0.1) is 0 Å². The van der Waals surface area contributed by atoms with Crippen LogP contribution in [0.25, 0.3) is 10.9 Å². The van der Waals surface area contributed by atoms with Gasteiger partial charge >= 0.3 is 0 Å². The quantitative estimate of drug-likeness (QED) is 0.567. The lowest BCUT2D eigenvalue weighted by atomic mass is 10.0. The number of carbonyl (C=O) groups excluding carboxylic acids is 2. The molecule has 0 bridgehead atoms. The van der Waals surface area contributed by atoms with Crippen LogP contribution in [0.2, 0.25) is 0 Å². The van der Waals surface area contributed by atoms with Crippen molar-refractivity contribution in [2.75, 3.05) is 11.9 Å². The lowest BCUT2D eigenvalue weighted by Gasteiger charge is -2.21. The van der Waals surface area contributed by atoms with Crippen molar-refractivity contribution in [3.05, 3.63) is 72.4 Å². The molecule has 0 aliphatic carbocycles. The van der Waals surface area contributed by atoms with E-state index in [1.165, 1.54) is 0 Å². The molecule has 30 heavy (non-hydrogen) atoms. The van der Waals surface area contributed by atoms with E-state index in [1.54, 1.807) is 6.20 Å². The molecule has 2 heterocycles. The molecule has 1 aliphatic rings. The number of hydrogen-bond donors (Lipinski definition) is 3. The summed E-state index contributed by atoms with van der Waals surface area (Å²) in [5, 5.41) is 10.0. The highest BCUT2D eigenvalue weighted by Gasteiger charge is 2.27. The minimum Gasteiger partial charge on any atom is -0.343 e. The smallest absolute Gasteiger partial charge is 0.247 e. The zero-order chi connectivity index (χ0) is 20.8. The molecule has 1 fully saturated rings. The number of aryl methyl sites for hydroxylation is 1. The van der Waals surface area contributed by atoms with Crippen LogP contribution < -0.4 is 16.0 Å². The first-order valence-corrected chi connectivity index (χ1v) is 10.4. The summed E-state index contributed by atoms with van der Waals surface area (Å²) in [4.78, 5) is 30.1. The van der Waals surface area contributed by atoms with Gasteiger partial charge in [-0.15, -0.1) is 0 Å². The van der Waals surface area contributed by atoms with E-state index in [0.717, 1.165) is 35.9 Å². The van der Waals surface area contributed by atoms with E-state index in [0.29, 0.717) is 18.5 Å². The minimum atomic E-state index is -0.619. The van der Waals surface area contributed by atoms with Crippen molar-refractivity contribution in [1.29, 1.82) is 0 Å². The van der Waals surface area contributed by atoms with E-state index in [1.807, 2.05) is 60.7 Å². The molecular weight excluding hydrogens is 376 g/mol. The second-order valence-electron chi connectivity index (χ2n) is 7.64. The van der Waals surface area contributed by atoms with Gasteiger partial charge in [-0.2, -0.15) is 0 Å². The Kier molecular flexibility index (Phi) is 6.35. The van der Waals surface area contributed by atoms with Crippen LogP contribution in [0.1, 0.15) is 24.8 Å². The fourth-order valence-corrected chi connectivity index (χ4v) is 3.77. The van der Waals surface area contributed by atoms with E-state index in [-0.39, 0.29) is 17.9 Å². The van der Waals surface area contributed by atoms with Crippen LogP contribution >= 0.6 is 0 Å². The Bertz CT molecular complexity index is 1020. The van der Waals surface area contributed by atoms with E-state index in [4.69, 9.17) is 0 Å². The maximum atomic E-state index is 13.0. The van der Waals surface area contributed by atoms with Crippen LogP contribution in [0.3, 0.4) is 0 Å². The normalized spacial score (nSPS) is 16.9. The Morgan fingerprint density at radius 2 is 1.90 bits per heavy atom. The number of fused-ring (bicyclic) bond motifs is 1. The van der Waals surface area contributed by atoms with Crippen LogP contribution in [0.4, 0.5) is 5.69 Å². The van der Waals surface area contributed by atoms with Gasteiger partial charge in [0.15, 0.2) is 0 Å². The zero-order valence-corrected chi connectivity index (χ0v) is 16.8. The predicted octanol–water partition coefficient (Wildman–Crippen LogP) is 3.04. The number of nitrogens with one attached hydrogen (secondary N) is 3. The Balaban J connectivity index is 1.47. The highest BCUT2D eigenvalue weighted by atomic mass is 16.2. The zero-order valence-electron chi connectivity index (χ0n) is 16.8. The number of rotatable bonds is 7. The summed E-state index contributed by atoms with van der Waals surface area (Å²) in [6.45, 7) is 0.835. The molecule has 2 atom stereocenters. The van der Waals surface area contributed by atoms with Crippen LogP contribution in [0.5, 0.6) is 0 Å². The first-order valence-electron chi connectivity index (χ1n) is 10.4. The molecule has 2 aromatic carbocycles. The molecule has 6 nitrogen and oxygen atoms in total. The van der Waals surface area contributed by atoms with Crippen molar-refractivity contribution >= 4 is 28.4 Å². The Hall–Kier alpha value is -3.25. The second kappa shape index (κ2) is 9.50. The summed E-state index contributed by atoms with van der Waals surface area (Å²) in [6.07, 6.45) is 4.65. The van der Waals surface area contributed by atoms with Gasteiger partial charge in [0.05, 0.1) is 23.4 Å². The molecule has 0 saturated carbocycles. The van der Waals surface area contributed by atoms with Crippen molar-refractivity contribution in [3.63, 3.8) is 0 Å². The molecule has 1 aromatic heterocycles. The first-order chi connectivity index (χ1) is 14.7. The topological polar surface area (TPSA) is 83.1 Å². The molecule has 4 rings (SSSR count). The first kappa shape index (κ1) is 20.0. The summed E-state index contributed by atoms with van der Waals surface area (Å²) in [5.74, 6) is -0.341. The molecule has 1 aliphatic heterocycles. The average molecular weight is 402 g/mol. The summed E-state index contributed by atoms with van der Waals surface area (Å²) in [5.41, 5.74) is 2.63. The van der Waals surface area contributed by atoms with E-state index < -0.39 is 6.04 Å². The average Bonchev–Trinajstić information content (AvgIpc) is 3.32. The van der Waals surface area contributed by atoms with Crippen LogP contribution in [0.15, 0.2) is 66.9 Å². The second-order valence-corrected chi connectivity index (χ2v) is 7.64. The van der Waals surface area contributed by atoms with Gasteiger partial charge in [-0.1, -0.05) is 48.5 Å². The van der Waals surface area contributed by atoms with E-state index >= 15 is 0 Å². The van der Waals surface area contributed by atoms with Crippen LogP contribution in [-0.2, 0) is 16.0 Å². The fourth-order valence-electron chi connectivity index (χ4n) is 3.77. The molecule has 3 N–H and O–H groups in total. The molecule has 3 aromatic rings. The standard InChI is InChI=1S/C24H26N4O2/c29-23(21-11-6-14-25-21)28-22(13-12-17-7-2-1-3-8-17)24(30)27-19-15-18-9-4-5-10-20(18)26-16-19/h1-5,7-10,15-16,21-22,25H,6,11-14H2,(H,27,30)(H,28,29)/t21?,22-/m1/s1. The summed E-state index contributed by atoms with van der Waals surface area (Å²) < 4.78 is 0. The monoisotopic (exact) mass is 402 g/mol. The Labute approximate surface area is 176 Å². The van der Waals surface area contributed by atoms with E-state index in [2.05, 4.69) is 20.9 Å². The molecule has 2 amide bonds. The number of para-hydroxylation sites is 1. The molecule has 154 valence electrons. The summed E-state index contributed by atoms with van der Waals surface area (Å²) >= 11 is 0. The maximum Gasteiger partial charge on any atom is 0.247 e. The van der Waals surface area contributed by atoms with Gasteiger partial charge in [-0.05, 0) is 49.9 Å². The van der Waals surface area contributed by atoms with Crippen molar-refractivity contribution in [3.8, 4) is 0 Å². The van der Waals surface area contributed by atoms with Crippen molar-refractivity contribution in [2.24, 2.45) is 0 Å². The number of hydrogen-bond acceptors (Lipinski definition) is 4. The summed E-state index contributed by atoms with van der Waals surface area (Å²) in [7, 11) is 0. The van der Waals surface area contributed by atoms with Gasteiger partial charge in [0, 0.05) is 5.39 Å². The largest absolute Gasteiger partial charge is 0.343 e. The minimum absolute atomic E-state index is 0.114. The number of benzene rings is 2. The maximum absolute atomic E-state index is 13.0. The molecule has 1 saturated heterocycles. The number of pyridine rings is 1. The van der Waals surface area contributed by atoms with Gasteiger partial charge in [-0.25, -0.2) is 0 Å². The summed E-state index contributed by atoms with van der Waals surface area (Å²) in [6, 6.07) is 18.8. The third-order valence-corrected chi connectivity index (χ3v) is 5.43. The molecule has 0 spiro atoms. The van der Waals surface area contributed by atoms with Crippen LogP contribution in [-0.4, -0.2) is 35.4 Å². The highest BCUT2D eigenvalue weighted by molar-refractivity contribution is 5.99. The van der Waals surface area contributed by atoms with Gasteiger partial charge < -0.3 is 16.0 Å². The van der Waals surface area contributed by atoms with Gasteiger partial charge in [0.25, 0.3) is 0 Å². The third kappa shape index (κ3) is 5.02. The lowest BCUT2D eigenvalue weighted by Crippen LogP contribution is -2.50. The predicted molar refractivity (Wildman–Crippen MR) is 118 cm³/mol. The molecule has 1 unspecified atom stereocenters. The van der Waals surface area contributed by atoms with Gasteiger partial charge in [0.2, 0.25) is 11.8 Å². The fraction of sp³-hybridized carbons (Fsp3) is 0.292. The molecular formula is C24H26N4O2. The SMILES string of the molecule is O=C(N[C@H](CCc1ccccc1)C(=O)Nc1cnc2ccccc2c1)C1CCCN1. The molecule has 0 radical (unpaired) electrons. The number of aromatic nitrogens is 1. The number of amides is 2. The van der Waals surface area contributed by atoms with Gasteiger partial charge in [0.1, 0.15) is 6.04 Å². The number of nitrogens with zero attached hydrogens (tertiary/aromatic N) is 1. The highest BCUT2D eigenvalue weighted by Crippen LogP contribution is 2.17. The van der Waals surface area contributed by atoms with E-state index in [9.17, 15) is 9.59 Å². The Morgan fingerprint density at radius 3 is 2.70 bits per heavy atom. The van der Waals surface area contributed by atoms with Gasteiger partial charge in [-0.3, -0.25) is 14.6 Å². The van der Waals surface area contributed by atoms with Crippen molar-refractivity contribution < 1.29 is 9.59 Å². The third-order valence-electron chi connectivity index (χ3n) is 5.43. The Morgan fingerprint density at radius 1 is 1.10 bits per heavy atom. The number of carbonyl (C=O) groups is 2. The molecule has 6 heteroatoms. The van der Waals surface area contributed by atoms with Crippen molar-refractivity contribution in [2.45, 2.75) is 37.8 Å².